The molecule has 1 aliphatic carbocycles. The van der Waals surface area contributed by atoms with Crippen LogP contribution in [0.3, 0.4) is 0 Å². The molecule has 0 aliphatic heterocycles. The van der Waals surface area contributed by atoms with Gasteiger partial charge in [0.15, 0.2) is 0 Å². The van der Waals surface area contributed by atoms with Gasteiger partial charge in [-0.3, -0.25) is 4.68 Å². The number of nitrogens with zero attached hydrogens (tertiary/aromatic N) is 4. The van der Waals surface area contributed by atoms with Gasteiger partial charge in [-0.1, -0.05) is 18.0 Å². The molecule has 0 aromatic carbocycles. The second kappa shape index (κ2) is 4.11. The Hall–Kier alpha value is -1.42. The molecule has 0 atom stereocenters. The summed E-state index contributed by atoms with van der Waals surface area (Å²) in [6.07, 6.45) is 7.34. The topological polar surface area (TPSA) is 43.6 Å². The summed E-state index contributed by atoms with van der Waals surface area (Å²) in [7, 11) is 1.89. The lowest BCUT2D eigenvalue weighted by Gasteiger charge is -2.23. The highest BCUT2D eigenvalue weighted by Gasteiger charge is 2.23. The van der Waals surface area contributed by atoms with E-state index in [9.17, 15) is 0 Å². The van der Waals surface area contributed by atoms with Crippen LogP contribution in [0.4, 0.5) is 0 Å². The third kappa shape index (κ3) is 2.05. The van der Waals surface area contributed by atoms with Crippen LogP contribution >= 0.6 is 11.6 Å². The molecule has 17 heavy (non-hydrogen) atoms. The predicted octanol–water partition coefficient (Wildman–Crippen LogP) is 2.80. The second-order valence-electron chi connectivity index (χ2n) is 4.46. The molecule has 0 bridgehead atoms. The van der Waals surface area contributed by atoms with Crippen LogP contribution in [0.2, 0.25) is 5.15 Å². The fourth-order valence-corrected chi connectivity index (χ4v) is 2.18. The summed E-state index contributed by atoms with van der Waals surface area (Å²) in [5.41, 5.74) is 1.84. The minimum absolute atomic E-state index is 0.490. The molecule has 4 nitrogen and oxygen atoms in total. The van der Waals surface area contributed by atoms with Crippen LogP contribution in [-0.4, -0.2) is 19.7 Å². The van der Waals surface area contributed by atoms with Crippen LogP contribution in [0, 0.1) is 0 Å². The zero-order valence-electron chi connectivity index (χ0n) is 9.60. The highest BCUT2D eigenvalue weighted by atomic mass is 35.5. The third-order valence-corrected chi connectivity index (χ3v) is 3.38. The molecule has 2 aromatic heterocycles. The van der Waals surface area contributed by atoms with Crippen molar-refractivity contribution in [3.8, 4) is 11.3 Å². The molecular formula is C12H13ClN4. The summed E-state index contributed by atoms with van der Waals surface area (Å²) in [5, 5.41) is 4.66. The van der Waals surface area contributed by atoms with Crippen molar-refractivity contribution in [1.82, 2.24) is 19.7 Å². The number of rotatable bonds is 2. The van der Waals surface area contributed by atoms with Gasteiger partial charge in [-0.15, -0.1) is 0 Å². The summed E-state index contributed by atoms with van der Waals surface area (Å²) in [6, 6.07) is 1.79. The second-order valence-corrected chi connectivity index (χ2v) is 4.85. The first-order chi connectivity index (χ1) is 8.22. The highest BCUT2D eigenvalue weighted by Crippen LogP contribution is 2.35. The van der Waals surface area contributed by atoms with Crippen LogP contribution in [0.15, 0.2) is 18.5 Å². The Labute approximate surface area is 105 Å². The van der Waals surface area contributed by atoms with Crippen LogP contribution in [0.1, 0.15) is 31.0 Å². The van der Waals surface area contributed by atoms with Gasteiger partial charge in [0, 0.05) is 30.8 Å². The van der Waals surface area contributed by atoms with Gasteiger partial charge in [-0.25, -0.2) is 9.97 Å². The van der Waals surface area contributed by atoms with Gasteiger partial charge < -0.3 is 0 Å². The van der Waals surface area contributed by atoms with Crippen molar-refractivity contribution in [3.63, 3.8) is 0 Å². The molecule has 1 saturated carbocycles. The van der Waals surface area contributed by atoms with E-state index >= 15 is 0 Å². The summed E-state index contributed by atoms with van der Waals surface area (Å²) in [5.74, 6) is 1.37. The minimum atomic E-state index is 0.490. The molecule has 1 fully saturated rings. The molecule has 2 heterocycles. The quantitative estimate of drug-likeness (QED) is 0.768. The van der Waals surface area contributed by atoms with Crippen molar-refractivity contribution in [2.45, 2.75) is 25.2 Å². The van der Waals surface area contributed by atoms with E-state index in [4.69, 9.17) is 11.6 Å². The van der Waals surface area contributed by atoms with Crippen LogP contribution in [0.25, 0.3) is 11.3 Å². The summed E-state index contributed by atoms with van der Waals surface area (Å²) >= 11 is 6.05. The smallest absolute Gasteiger partial charge is 0.133 e. The Kier molecular flexibility index (Phi) is 2.59. The maximum Gasteiger partial charge on any atom is 0.133 e. The molecule has 3 rings (SSSR count). The molecule has 0 amide bonds. The lowest BCUT2D eigenvalue weighted by molar-refractivity contribution is 0.401. The van der Waals surface area contributed by atoms with Crippen LogP contribution < -0.4 is 0 Å². The van der Waals surface area contributed by atoms with Gasteiger partial charge in [0.25, 0.3) is 0 Å². The van der Waals surface area contributed by atoms with Crippen molar-refractivity contribution in [2.24, 2.45) is 7.05 Å². The molecule has 2 aromatic rings. The van der Waals surface area contributed by atoms with Gasteiger partial charge in [0.2, 0.25) is 0 Å². The number of hydrogen-bond donors (Lipinski definition) is 0. The van der Waals surface area contributed by atoms with Crippen molar-refractivity contribution >= 4 is 11.6 Å². The van der Waals surface area contributed by atoms with Gasteiger partial charge in [-0.2, -0.15) is 5.10 Å². The SMILES string of the molecule is Cn1cc(-c2cc(Cl)nc(C3CCC3)n2)cn1. The van der Waals surface area contributed by atoms with Crippen LogP contribution in [0.5, 0.6) is 0 Å². The number of aryl methyl sites for hydroxylation is 1. The van der Waals surface area contributed by atoms with E-state index in [1.54, 1.807) is 16.9 Å². The first kappa shape index (κ1) is 10.7. The van der Waals surface area contributed by atoms with Crippen molar-refractivity contribution in [1.29, 1.82) is 0 Å². The first-order valence-corrected chi connectivity index (χ1v) is 6.13. The average molecular weight is 249 g/mol. The Bertz CT molecular complexity index is 545. The number of halogens is 1. The zero-order valence-corrected chi connectivity index (χ0v) is 10.4. The largest absolute Gasteiger partial charge is 0.275 e. The van der Waals surface area contributed by atoms with E-state index in [1.165, 1.54) is 19.3 Å². The van der Waals surface area contributed by atoms with Gasteiger partial charge in [0.05, 0.1) is 11.9 Å². The lowest BCUT2D eigenvalue weighted by atomic mass is 9.85. The summed E-state index contributed by atoms with van der Waals surface area (Å²) in [6.45, 7) is 0. The molecule has 0 saturated heterocycles. The Morgan fingerprint density at radius 3 is 2.76 bits per heavy atom. The predicted molar refractivity (Wildman–Crippen MR) is 65.8 cm³/mol. The fraction of sp³-hybridized carbons (Fsp3) is 0.417. The van der Waals surface area contributed by atoms with E-state index in [2.05, 4.69) is 15.1 Å². The molecule has 0 N–H and O–H groups in total. The lowest BCUT2D eigenvalue weighted by Crippen LogP contribution is -2.13. The molecular weight excluding hydrogens is 236 g/mol. The van der Waals surface area contributed by atoms with Gasteiger partial charge in [0.1, 0.15) is 11.0 Å². The summed E-state index contributed by atoms with van der Waals surface area (Å²) < 4.78 is 1.76. The first-order valence-electron chi connectivity index (χ1n) is 5.76. The van der Waals surface area contributed by atoms with E-state index in [0.29, 0.717) is 11.1 Å². The van der Waals surface area contributed by atoms with E-state index < -0.39 is 0 Å². The van der Waals surface area contributed by atoms with Gasteiger partial charge >= 0.3 is 0 Å². The normalized spacial score (nSPS) is 15.9. The van der Waals surface area contributed by atoms with E-state index in [1.807, 2.05) is 13.2 Å². The Morgan fingerprint density at radius 2 is 2.18 bits per heavy atom. The zero-order chi connectivity index (χ0) is 11.8. The van der Waals surface area contributed by atoms with Crippen molar-refractivity contribution in [2.75, 3.05) is 0 Å². The van der Waals surface area contributed by atoms with Crippen LogP contribution in [-0.2, 0) is 7.05 Å². The summed E-state index contributed by atoms with van der Waals surface area (Å²) in [4.78, 5) is 8.91. The minimum Gasteiger partial charge on any atom is -0.275 e. The molecule has 0 unspecified atom stereocenters. The third-order valence-electron chi connectivity index (χ3n) is 3.18. The number of aromatic nitrogens is 4. The molecule has 5 heteroatoms. The molecule has 0 spiro atoms. The molecule has 1 aliphatic rings. The number of hydrogen-bond acceptors (Lipinski definition) is 3. The monoisotopic (exact) mass is 248 g/mol. The maximum atomic E-state index is 6.05. The van der Waals surface area contributed by atoms with E-state index in [0.717, 1.165) is 17.1 Å². The average Bonchev–Trinajstić information content (AvgIpc) is 2.61. The molecule has 0 radical (unpaired) electrons. The Balaban J connectivity index is 2.01. The van der Waals surface area contributed by atoms with E-state index in [-0.39, 0.29) is 0 Å². The van der Waals surface area contributed by atoms with Crippen molar-refractivity contribution < 1.29 is 0 Å². The standard InChI is InChI=1S/C12H13ClN4/c1-17-7-9(6-14-17)10-5-11(13)16-12(15-10)8-3-2-4-8/h5-8H,2-4H2,1H3. The van der Waals surface area contributed by atoms with Crippen molar-refractivity contribution in [3.05, 3.63) is 29.4 Å². The molecule has 88 valence electrons. The van der Waals surface area contributed by atoms with Gasteiger partial charge in [-0.05, 0) is 12.8 Å². The Morgan fingerprint density at radius 1 is 1.35 bits per heavy atom. The fourth-order valence-electron chi connectivity index (χ4n) is 1.99. The highest BCUT2D eigenvalue weighted by molar-refractivity contribution is 6.29. The maximum absolute atomic E-state index is 6.05.